The van der Waals surface area contributed by atoms with Crippen LogP contribution < -0.4 is 0 Å². The average Bonchev–Trinajstić information content (AvgIpc) is 3.22. The van der Waals surface area contributed by atoms with Crippen LogP contribution in [-0.2, 0) is 6.54 Å². The van der Waals surface area contributed by atoms with Crippen LogP contribution in [-0.4, -0.2) is 37.2 Å². The van der Waals surface area contributed by atoms with Gasteiger partial charge in [0.2, 0.25) is 11.8 Å². The number of fused-ring (bicyclic) bond motifs is 1. The molecule has 10 heteroatoms. The molecular weight excluding hydrogens is 420 g/mol. The molecule has 0 radical (unpaired) electrons. The van der Waals surface area contributed by atoms with Crippen molar-refractivity contribution in [3.8, 4) is 11.5 Å². The number of amides is 1. The van der Waals surface area contributed by atoms with E-state index in [1.807, 2.05) is 11.0 Å². The van der Waals surface area contributed by atoms with Crippen molar-refractivity contribution in [1.82, 2.24) is 25.2 Å². The SMILES string of the molecule is O=C1c2cc(-c3nnc(C(F)F)o3)ccc2CN1C1CCCCC1c1nc(C2CC2)no1. The highest BCUT2D eigenvalue weighted by atomic mass is 19.3. The Morgan fingerprint density at radius 2 is 1.94 bits per heavy atom. The summed E-state index contributed by atoms with van der Waals surface area (Å²) in [7, 11) is 0. The largest absolute Gasteiger partial charge is 0.415 e. The number of aromatic nitrogens is 4. The number of hydrogen-bond donors (Lipinski definition) is 0. The van der Waals surface area contributed by atoms with Gasteiger partial charge in [0.15, 0.2) is 5.82 Å². The van der Waals surface area contributed by atoms with Crippen LogP contribution in [0.1, 0.15) is 90.3 Å². The first-order valence-corrected chi connectivity index (χ1v) is 11.0. The maximum Gasteiger partial charge on any atom is 0.314 e. The van der Waals surface area contributed by atoms with E-state index in [2.05, 4.69) is 20.3 Å². The molecule has 2 atom stereocenters. The van der Waals surface area contributed by atoms with E-state index in [1.165, 1.54) is 0 Å². The summed E-state index contributed by atoms with van der Waals surface area (Å²) in [5.74, 6) is 1.01. The fraction of sp³-hybridized carbons (Fsp3) is 0.500. The van der Waals surface area contributed by atoms with Gasteiger partial charge in [-0.15, -0.1) is 10.2 Å². The topological polar surface area (TPSA) is 98.2 Å². The molecule has 166 valence electrons. The zero-order valence-electron chi connectivity index (χ0n) is 17.2. The first-order chi connectivity index (χ1) is 15.6. The van der Waals surface area contributed by atoms with Gasteiger partial charge in [-0.2, -0.15) is 13.8 Å². The molecule has 0 N–H and O–H groups in total. The average molecular weight is 441 g/mol. The van der Waals surface area contributed by atoms with E-state index in [1.54, 1.807) is 12.1 Å². The van der Waals surface area contributed by atoms with Gasteiger partial charge in [-0.05, 0) is 43.4 Å². The smallest absolute Gasteiger partial charge is 0.314 e. The summed E-state index contributed by atoms with van der Waals surface area (Å²) in [4.78, 5) is 19.9. The van der Waals surface area contributed by atoms with Crippen molar-refractivity contribution >= 4 is 5.91 Å². The molecule has 3 heterocycles. The molecule has 2 fully saturated rings. The maximum absolute atomic E-state index is 13.4. The highest BCUT2D eigenvalue weighted by molar-refractivity contribution is 5.99. The fourth-order valence-electron chi connectivity index (χ4n) is 4.84. The van der Waals surface area contributed by atoms with E-state index in [-0.39, 0.29) is 23.8 Å². The van der Waals surface area contributed by atoms with Gasteiger partial charge in [-0.3, -0.25) is 4.79 Å². The lowest BCUT2D eigenvalue weighted by atomic mass is 9.83. The Labute approximate surface area is 182 Å². The van der Waals surface area contributed by atoms with Crippen LogP contribution in [0.25, 0.3) is 11.5 Å². The van der Waals surface area contributed by atoms with Gasteiger partial charge in [0.25, 0.3) is 11.8 Å². The van der Waals surface area contributed by atoms with E-state index in [0.29, 0.717) is 29.5 Å². The predicted molar refractivity (Wildman–Crippen MR) is 106 cm³/mol. The van der Waals surface area contributed by atoms with Gasteiger partial charge in [-0.25, -0.2) is 0 Å². The van der Waals surface area contributed by atoms with Crippen molar-refractivity contribution in [2.45, 2.75) is 69.4 Å². The molecule has 1 aliphatic heterocycles. The molecule has 3 aromatic rings. The molecular formula is C22H21F2N5O3. The highest BCUT2D eigenvalue weighted by Gasteiger charge is 2.41. The normalized spacial score (nSPS) is 23.2. The van der Waals surface area contributed by atoms with Gasteiger partial charge in [0.1, 0.15) is 0 Å². The Kier molecular flexibility index (Phi) is 4.55. The minimum Gasteiger partial charge on any atom is -0.415 e. The number of carbonyl (C=O) groups is 1. The molecule has 3 aliphatic rings. The minimum absolute atomic E-state index is 0.0195. The van der Waals surface area contributed by atoms with Gasteiger partial charge in [0.05, 0.1) is 5.92 Å². The highest BCUT2D eigenvalue weighted by Crippen LogP contribution is 2.42. The van der Waals surface area contributed by atoms with Gasteiger partial charge >= 0.3 is 6.43 Å². The lowest BCUT2D eigenvalue weighted by Crippen LogP contribution is -2.41. The molecule has 2 saturated carbocycles. The third-order valence-corrected chi connectivity index (χ3v) is 6.66. The monoisotopic (exact) mass is 441 g/mol. The lowest BCUT2D eigenvalue weighted by Gasteiger charge is -2.36. The van der Waals surface area contributed by atoms with Crippen LogP contribution in [0.15, 0.2) is 27.1 Å². The number of halogens is 2. The van der Waals surface area contributed by atoms with Crippen molar-refractivity contribution in [1.29, 1.82) is 0 Å². The van der Waals surface area contributed by atoms with Crippen molar-refractivity contribution in [2.75, 3.05) is 0 Å². The van der Waals surface area contributed by atoms with Gasteiger partial charge < -0.3 is 13.8 Å². The summed E-state index contributed by atoms with van der Waals surface area (Å²) in [6, 6.07) is 5.17. The minimum atomic E-state index is -2.84. The van der Waals surface area contributed by atoms with Crippen LogP contribution in [0.3, 0.4) is 0 Å². The lowest BCUT2D eigenvalue weighted by molar-refractivity contribution is 0.0605. The first kappa shape index (κ1) is 19.5. The van der Waals surface area contributed by atoms with Gasteiger partial charge in [0, 0.05) is 29.6 Å². The first-order valence-electron chi connectivity index (χ1n) is 11.0. The number of rotatable bonds is 5. The molecule has 0 spiro atoms. The van der Waals surface area contributed by atoms with Crippen LogP contribution in [0.5, 0.6) is 0 Å². The van der Waals surface area contributed by atoms with Crippen LogP contribution in [0.4, 0.5) is 8.78 Å². The molecule has 1 amide bonds. The van der Waals surface area contributed by atoms with Crippen molar-refractivity contribution in [3.63, 3.8) is 0 Å². The Morgan fingerprint density at radius 3 is 2.72 bits per heavy atom. The predicted octanol–water partition coefficient (Wildman–Crippen LogP) is 4.62. The second kappa shape index (κ2) is 7.46. The zero-order valence-corrected chi connectivity index (χ0v) is 17.2. The zero-order chi connectivity index (χ0) is 21.8. The molecule has 8 nitrogen and oxygen atoms in total. The second-order valence-corrected chi connectivity index (χ2v) is 8.77. The Morgan fingerprint density at radius 1 is 1.09 bits per heavy atom. The number of hydrogen-bond acceptors (Lipinski definition) is 7. The van der Waals surface area contributed by atoms with E-state index in [4.69, 9.17) is 8.94 Å². The van der Waals surface area contributed by atoms with Crippen LogP contribution in [0, 0.1) is 0 Å². The van der Waals surface area contributed by atoms with E-state index in [9.17, 15) is 13.6 Å². The fourth-order valence-corrected chi connectivity index (χ4v) is 4.84. The van der Waals surface area contributed by atoms with E-state index < -0.39 is 12.3 Å². The van der Waals surface area contributed by atoms with Crippen molar-refractivity contribution < 1.29 is 22.5 Å². The molecule has 1 aromatic carbocycles. The summed E-state index contributed by atoms with van der Waals surface area (Å²) in [5, 5.41) is 11.2. The Bertz CT molecular complexity index is 1170. The van der Waals surface area contributed by atoms with E-state index in [0.717, 1.165) is 49.9 Å². The van der Waals surface area contributed by atoms with Crippen LogP contribution in [0.2, 0.25) is 0 Å². The van der Waals surface area contributed by atoms with Crippen molar-refractivity contribution in [3.05, 3.63) is 46.9 Å². The molecule has 32 heavy (non-hydrogen) atoms. The molecule has 2 unspecified atom stereocenters. The van der Waals surface area contributed by atoms with Gasteiger partial charge in [-0.1, -0.05) is 24.1 Å². The number of nitrogens with zero attached hydrogens (tertiary/aromatic N) is 5. The summed E-state index contributed by atoms with van der Waals surface area (Å²) >= 11 is 0. The maximum atomic E-state index is 13.4. The molecule has 0 saturated heterocycles. The molecule has 0 bridgehead atoms. The summed E-state index contributed by atoms with van der Waals surface area (Å²) in [5.41, 5.74) is 1.87. The van der Waals surface area contributed by atoms with E-state index >= 15 is 0 Å². The third kappa shape index (κ3) is 3.28. The number of benzene rings is 1. The Balaban J connectivity index is 1.27. The molecule has 2 aromatic heterocycles. The number of alkyl halides is 2. The van der Waals surface area contributed by atoms with Crippen molar-refractivity contribution in [2.24, 2.45) is 0 Å². The third-order valence-electron chi connectivity index (χ3n) is 6.66. The second-order valence-electron chi connectivity index (χ2n) is 8.77. The number of carbonyl (C=O) groups excluding carboxylic acids is 1. The molecule has 6 rings (SSSR count). The Hall–Kier alpha value is -3.17. The standard InChI is InChI=1S/C22H21F2N5O3/c23-17(24)21-27-26-19(31-21)12-7-8-13-10-29(22(30)15(13)9-12)16-4-2-1-3-14(16)20-25-18(28-32-20)11-5-6-11/h7-9,11,14,16-17H,1-6,10H2. The summed E-state index contributed by atoms with van der Waals surface area (Å²) in [6.45, 7) is 0.491. The van der Waals surface area contributed by atoms with Crippen LogP contribution >= 0.6 is 0 Å². The molecule has 2 aliphatic carbocycles. The summed E-state index contributed by atoms with van der Waals surface area (Å²) < 4.78 is 36.2. The quantitative estimate of drug-likeness (QED) is 0.570. The summed E-state index contributed by atoms with van der Waals surface area (Å²) in [6.07, 6.45) is 3.25.